The number of Topliss-reactive ketones (excluding diaryl/α,β-unsaturated/α-hetero) is 1. The maximum absolute atomic E-state index is 13.2. The molecule has 146 valence electrons. The first-order valence-electron chi connectivity index (χ1n) is 10.3. The summed E-state index contributed by atoms with van der Waals surface area (Å²) in [6.07, 6.45) is 2.63. The Kier molecular flexibility index (Phi) is 6.31. The molecule has 1 heteroatoms. The molecule has 1 unspecified atom stereocenters. The van der Waals surface area contributed by atoms with E-state index in [0.717, 1.165) is 27.8 Å². The van der Waals surface area contributed by atoms with Gasteiger partial charge >= 0.3 is 0 Å². The van der Waals surface area contributed by atoms with E-state index in [1.54, 1.807) is 0 Å². The molecular weight excluding hydrogens is 364 g/mol. The summed E-state index contributed by atoms with van der Waals surface area (Å²) in [6.45, 7) is 0. The normalized spacial score (nSPS) is 12.3. The molecule has 4 aromatic rings. The molecule has 0 amide bonds. The van der Waals surface area contributed by atoms with Crippen LogP contribution in [-0.2, 0) is 0 Å². The first-order chi connectivity index (χ1) is 14.8. The van der Waals surface area contributed by atoms with E-state index in [4.69, 9.17) is 0 Å². The van der Waals surface area contributed by atoms with E-state index in [9.17, 15) is 4.79 Å². The number of hydrogen-bond donors (Lipinski definition) is 0. The van der Waals surface area contributed by atoms with Crippen LogP contribution >= 0.6 is 0 Å². The minimum atomic E-state index is -0.0403. The van der Waals surface area contributed by atoms with Crippen molar-refractivity contribution in [3.63, 3.8) is 0 Å². The number of allylic oxidation sites excluding steroid dienone is 1. The van der Waals surface area contributed by atoms with Crippen LogP contribution in [0, 0.1) is 0 Å². The molecule has 1 nitrogen and oxygen atoms in total. The van der Waals surface area contributed by atoms with Crippen molar-refractivity contribution in [3.8, 4) is 0 Å². The Labute approximate surface area is 178 Å². The summed E-state index contributed by atoms with van der Waals surface area (Å²) in [5, 5.41) is 0. The summed E-state index contributed by atoms with van der Waals surface area (Å²) in [6, 6.07) is 40.6. The quantitative estimate of drug-likeness (QED) is 0.240. The Morgan fingerprint density at radius 1 is 0.600 bits per heavy atom. The Hall–Kier alpha value is -3.71. The van der Waals surface area contributed by atoms with E-state index in [1.807, 2.05) is 72.8 Å². The van der Waals surface area contributed by atoms with Crippen molar-refractivity contribution in [2.45, 2.75) is 12.3 Å². The van der Waals surface area contributed by atoms with Crippen LogP contribution in [0.1, 0.15) is 39.4 Å². The van der Waals surface area contributed by atoms with E-state index >= 15 is 0 Å². The zero-order chi connectivity index (χ0) is 20.6. The second-order valence-electron chi connectivity index (χ2n) is 7.33. The van der Waals surface area contributed by atoms with E-state index in [1.165, 1.54) is 0 Å². The van der Waals surface area contributed by atoms with E-state index < -0.39 is 0 Å². The molecule has 0 fully saturated rings. The van der Waals surface area contributed by atoms with Crippen molar-refractivity contribution >= 4 is 17.4 Å². The lowest BCUT2D eigenvalue weighted by molar-refractivity contribution is 0.0979. The average Bonchev–Trinajstić information content (AvgIpc) is 2.83. The van der Waals surface area contributed by atoms with Crippen LogP contribution in [0.2, 0.25) is 0 Å². The summed E-state index contributed by atoms with van der Waals surface area (Å²) in [7, 11) is 0. The van der Waals surface area contributed by atoms with Crippen LogP contribution in [0.25, 0.3) is 11.6 Å². The first kappa shape index (κ1) is 19.6. The molecule has 1 atom stereocenters. The molecule has 4 rings (SSSR count). The highest BCUT2D eigenvalue weighted by molar-refractivity contribution is 5.99. The van der Waals surface area contributed by atoms with Gasteiger partial charge in [0.2, 0.25) is 0 Å². The van der Waals surface area contributed by atoms with Crippen LogP contribution in [0.3, 0.4) is 0 Å². The number of benzene rings is 4. The fraction of sp³-hybridized carbons (Fsp3) is 0.0690. The Morgan fingerprint density at radius 2 is 1.07 bits per heavy atom. The Balaban J connectivity index is 1.81. The molecule has 0 bridgehead atoms. The van der Waals surface area contributed by atoms with Crippen molar-refractivity contribution < 1.29 is 4.79 Å². The molecular formula is C29H24O. The molecule has 0 spiro atoms. The lowest BCUT2D eigenvalue weighted by atomic mass is 9.81. The molecule has 0 saturated heterocycles. The lowest BCUT2D eigenvalue weighted by Crippen LogP contribution is -2.10. The van der Waals surface area contributed by atoms with Gasteiger partial charge in [-0.15, -0.1) is 0 Å². The van der Waals surface area contributed by atoms with Gasteiger partial charge < -0.3 is 0 Å². The van der Waals surface area contributed by atoms with E-state index in [0.29, 0.717) is 6.42 Å². The number of carbonyl (C=O) groups is 1. The van der Waals surface area contributed by atoms with Gasteiger partial charge in [-0.3, -0.25) is 4.79 Å². The minimum Gasteiger partial charge on any atom is -0.294 e. The second kappa shape index (κ2) is 9.67. The first-order valence-corrected chi connectivity index (χ1v) is 10.3. The van der Waals surface area contributed by atoms with Crippen LogP contribution in [-0.4, -0.2) is 5.78 Å². The van der Waals surface area contributed by atoms with Gasteiger partial charge in [0.05, 0.1) is 0 Å². The summed E-state index contributed by atoms with van der Waals surface area (Å²) < 4.78 is 0. The highest BCUT2D eigenvalue weighted by Crippen LogP contribution is 2.37. The largest absolute Gasteiger partial charge is 0.294 e. The van der Waals surface area contributed by atoms with Gasteiger partial charge in [-0.25, -0.2) is 0 Å². The van der Waals surface area contributed by atoms with Gasteiger partial charge in [-0.05, 0) is 22.3 Å². The number of ketones is 1. The third-order valence-corrected chi connectivity index (χ3v) is 5.29. The monoisotopic (exact) mass is 388 g/mol. The average molecular weight is 389 g/mol. The molecule has 0 aliphatic heterocycles. The lowest BCUT2D eigenvalue weighted by Gasteiger charge is -2.22. The van der Waals surface area contributed by atoms with Gasteiger partial charge in [0, 0.05) is 17.9 Å². The summed E-state index contributed by atoms with van der Waals surface area (Å²) in [5.74, 6) is 0.112. The van der Waals surface area contributed by atoms with Crippen LogP contribution < -0.4 is 0 Å². The van der Waals surface area contributed by atoms with Gasteiger partial charge in [0.15, 0.2) is 5.78 Å². The molecule has 0 N–H and O–H groups in total. The predicted molar refractivity (Wildman–Crippen MR) is 125 cm³/mol. The van der Waals surface area contributed by atoms with E-state index in [-0.39, 0.29) is 11.7 Å². The van der Waals surface area contributed by atoms with Gasteiger partial charge in [0.1, 0.15) is 0 Å². The van der Waals surface area contributed by atoms with Crippen molar-refractivity contribution in [1.29, 1.82) is 0 Å². The molecule has 30 heavy (non-hydrogen) atoms. The highest BCUT2D eigenvalue weighted by atomic mass is 16.1. The molecule has 0 aliphatic carbocycles. The molecule has 0 aliphatic rings. The van der Waals surface area contributed by atoms with Crippen LogP contribution in [0.15, 0.2) is 121 Å². The number of rotatable bonds is 7. The maximum atomic E-state index is 13.2. The zero-order valence-corrected chi connectivity index (χ0v) is 16.8. The third kappa shape index (κ3) is 4.82. The minimum absolute atomic E-state index is 0.0403. The predicted octanol–water partition coefficient (Wildman–Crippen LogP) is 7.28. The second-order valence-corrected chi connectivity index (χ2v) is 7.33. The standard InChI is InChI=1S/C29H24O/c30-29(26-19-11-4-12-20-26)22-28(25-17-9-3-10-18-25)27(24-15-7-2-8-16-24)21-23-13-5-1-6-14-23/h1-21,28H,22H2/b27-21+. The molecule has 0 radical (unpaired) electrons. The fourth-order valence-electron chi connectivity index (χ4n) is 3.76. The molecule has 0 saturated carbocycles. The fourth-order valence-corrected chi connectivity index (χ4v) is 3.76. The van der Waals surface area contributed by atoms with Gasteiger partial charge in [-0.1, -0.05) is 127 Å². The van der Waals surface area contributed by atoms with Crippen molar-refractivity contribution in [3.05, 3.63) is 144 Å². The van der Waals surface area contributed by atoms with Crippen molar-refractivity contribution in [2.75, 3.05) is 0 Å². The summed E-state index contributed by atoms with van der Waals surface area (Å²) in [4.78, 5) is 13.2. The Bertz CT molecular complexity index is 1100. The number of hydrogen-bond acceptors (Lipinski definition) is 1. The zero-order valence-electron chi connectivity index (χ0n) is 16.8. The maximum Gasteiger partial charge on any atom is 0.163 e. The highest BCUT2D eigenvalue weighted by Gasteiger charge is 2.22. The SMILES string of the molecule is O=C(CC(/C(=C/c1ccccc1)c1ccccc1)c1ccccc1)c1ccccc1. The topological polar surface area (TPSA) is 17.1 Å². The van der Waals surface area contributed by atoms with Gasteiger partial charge in [-0.2, -0.15) is 0 Å². The molecule has 0 aromatic heterocycles. The molecule has 4 aromatic carbocycles. The van der Waals surface area contributed by atoms with Crippen LogP contribution in [0.5, 0.6) is 0 Å². The smallest absolute Gasteiger partial charge is 0.163 e. The van der Waals surface area contributed by atoms with Crippen LogP contribution in [0.4, 0.5) is 0 Å². The Morgan fingerprint density at radius 3 is 1.63 bits per heavy atom. The molecule has 0 heterocycles. The van der Waals surface area contributed by atoms with Gasteiger partial charge in [0.25, 0.3) is 0 Å². The number of carbonyl (C=O) groups excluding carboxylic acids is 1. The third-order valence-electron chi connectivity index (χ3n) is 5.29. The van der Waals surface area contributed by atoms with E-state index in [2.05, 4.69) is 54.6 Å². The summed E-state index contributed by atoms with van der Waals surface area (Å²) in [5.41, 5.74) is 5.32. The van der Waals surface area contributed by atoms with Crippen molar-refractivity contribution in [1.82, 2.24) is 0 Å². The van der Waals surface area contributed by atoms with Crippen molar-refractivity contribution in [2.24, 2.45) is 0 Å². The summed E-state index contributed by atoms with van der Waals surface area (Å²) >= 11 is 0.